The lowest BCUT2D eigenvalue weighted by atomic mass is 10.1. The Morgan fingerprint density at radius 1 is 1.12 bits per heavy atom. The van der Waals surface area contributed by atoms with Gasteiger partial charge in [0.25, 0.3) is 11.8 Å². The number of benzene rings is 3. The van der Waals surface area contributed by atoms with Crippen molar-refractivity contribution in [1.82, 2.24) is 9.80 Å². The predicted molar refractivity (Wildman–Crippen MR) is 163 cm³/mol. The van der Waals surface area contributed by atoms with Gasteiger partial charge in [-0.05, 0) is 82.7 Å². The van der Waals surface area contributed by atoms with Crippen molar-refractivity contribution >= 4 is 68.0 Å². The third-order valence-corrected chi connectivity index (χ3v) is 8.41. The lowest BCUT2D eigenvalue weighted by Crippen LogP contribution is -2.40. The summed E-state index contributed by atoms with van der Waals surface area (Å²) in [5.41, 5.74) is 2.94. The van der Waals surface area contributed by atoms with Crippen LogP contribution in [0.1, 0.15) is 28.4 Å². The molecule has 0 saturated carbocycles. The first kappa shape index (κ1) is 28.4. The van der Waals surface area contributed by atoms with Crippen molar-refractivity contribution in [2.75, 3.05) is 32.8 Å². The molecule has 0 unspecified atom stereocenters. The van der Waals surface area contributed by atoms with Crippen LogP contribution in [-0.2, 0) is 16.1 Å². The molecule has 3 aromatic rings. The second kappa shape index (κ2) is 13.0. The number of rotatable bonds is 7. The Bertz CT molecular complexity index is 1490. The van der Waals surface area contributed by atoms with Gasteiger partial charge in [-0.25, -0.2) is 4.99 Å². The quantitative estimate of drug-likeness (QED) is 0.267. The first-order valence-electron chi connectivity index (χ1n) is 12.9. The molecule has 2 aliphatic rings. The molecular weight excluding hydrogens is 614 g/mol. The van der Waals surface area contributed by atoms with E-state index >= 15 is 0 Å². The molecule has 3 aromatic carbocycles. The van der Waals surface area contributed by atoms with E-state index in [1.165, 1.54) is 11.8 Å². The molecule has 2 heterocycles. The highest BCUT2D eigenvalue weighted by Gasteiger charge is 2.32. The van der Waals surface area contributed by atoms with E-state index in [2.05, 4.69) is 15.9 Å². The Balaban J connectivity index is 1.32. The number of nitrogens with zero attached hydrogens (tertiary/aromatic N) is 3. The summed E-state index contributed by atoms with van der Waals surface area (Å²) >= 11 is 11.1. The number of morpholine rings is 1. The predicted octanol–water partition coefficient (Wildman–Crippen LogP) is 6.78. The van der Waals surface area contributed by atoms with Gasteiger partial charge in [0.05, 0.1) is 28.3 Å². The molecule has 0 radical (unpaired) electrons. The van der Waals surface area contributed by atoms with Crippen molar-refractivity contribution in [3.8, 4) is 5.75 Å². The molecule has 0 N–H and O–H groups in total. The van der Waals surface area contributed by atoms with Crippen molar-refractivity contribution in [3.05, 3.63) is 97.8 Å². The molecule has 206 valence electrons. The van der Waals surface area contributed by atoms with E-state index in [1.807, 2.05) is 67.6 Å². The zero-order chi connectivity index (χ0) is 28.1. The average molecular weight is 641 g/mol. The maximum absolute atomic E-state index is 13.2. The Labute approximate surface area is 250 Å². The van der Waals surface area contributed by atoms with Crippen molar-refractivity contribution < 1.29 is 19.1 Å². The summed E-state index contributed by atoms with van der Waals surface area (Å²) in [6.45, 7) is 4.97. The summed E-state index contributed by atoms with van der Waals surface area (Å²) in [6, 6.07) is 20.4. The minimum absolute atomic E-state index is 0.0432. The zero-order valence-electron chi connectivity index (χ0n) is 21.8. The largest absolute Gasteiger partial charge is 0.488 e. The SMILES string of the molecule is CCN1C(=O)/C(=C\c2ccc(OCc3ccccc3Cl)c(Br)c2)SC1=Nc1cccc(C(=O)N2CCOCC2)c1. The van der Waals surface area contributed by atoms with Crippen molar-refractivity contribution in [1.29, 1.82) is 0 Å². The highest BCUT2D eigenvalue weighted by Crippen LogP contribution is 2.35. The summed E-state index contributed by atoms with van der Waals surface area (Å²) in [4.78, 5) is 34.9. The van der Waals surface area contributed by atoms with E-state index in [-0.39, 0.29) is 11.8 Å². The molecular formula is C30H27BrClN3O4S. The maximum atomic E-state index is 13.2. The van der Waals surface area contributed by atoms with Crippen LogP contribution in [-0.4, -0.2) is 59.6 Å². The molecule has 5 rings (SSSR count). The molecule has 0 aliphatic carbocycles. The Morgan fingerprint density at radius 2 is 1.93 bits per heavy atom. The number of thioether (sulfide) groups is 1. The Kier molecular flexibility index (Phi) is 9.26. The van der Waals surface area contributed by atoms with Crippen LogP contribution in [0.4, 0.5) is 5.69 Å². The standard InChI is InChI=1S/C30H27BrClN3O4S/c1-2-35-29(37)27(17-20-10-11-26(24(31)16-20)39-19-22-6-3-4-9-25(22)32)40-30(35)33-23-8-5-7-21(18-23)28(36)34-12-14-38-15-13-34/h3-11,16-18H,2,12-15,19H2,1H3/b27-17+,33-30?. The number of ether oxygens (including phenoxy) is 2. The minimum atomic E-state index is -0.109. The van der Waals surface area contributed by atoms with E-state index in [9.17, 15) is 9.59 Å². The van der Waals surface area contributed by atoms with E-state index in [4.69, 9.17) is 26.1 Å². The van der Waals surface area contributed by atoms with Gasteiger partial charge in [-0.1, -0.05) is 41.9 Å². The molecule has 2 aliphatic heterocycles. The van der Waals surface area contributed by atoms with Gasteiger partial charge >= 0.3 is 0 Å². The van der Waals surface area contributed by atoms with Crippen LogP contribution in [0.2, 0.25) is 5.02 Å². The van der Waals surface area contributed by atoms with Gasteiger partial charge in [0.2, 0.25) is 0 Å². The number of likely N-dealkylation sites (N-methyl/N-ethyl adjacent to an activating group) is 1. The molecule has 2 fully saturated rings. The molecule has 7 nitrogen and oxygen atoms in total. The van der Waals surface area contributed by atoms with Gasteiger partial charge in [0, 0.05) is 35.8 Å². The Morgan fingerprint density at radius 3 is 2.67 bits per heavy atom. The zero-order valence-corrected chi connectivity index (χ0v) is 25.0. The first-order valence-corrected chi connectivity index (χ1v) is 14.8. The van der Waals surface area contributed by atoms with Crippen LogP contribution in [0.15, 0.2) is 81.1 Å². The molecule has 0 spiro atoms. The van der Waals surface area contributed by atoms with E-state index in [0.717, 1.165) is 15.6 Å². The fourth-order valence-corrected chi connectivity index (χ4v) is 6.05. The number of aliphatic imine (C=N–C) groups is 1. The van der Waals surface area contributed by atoms with Crippen molar-refractivity contribution in [3.63, 3.8) is 0 Å². The lowest BCUT2D eigenvalue weighted by molar-refractivity contribution is -0.122. The van der Waals surface area contributed by atoms with Crippen LogP contribution in [0, 0.1) is 0 Å². The first-order chi connectivity index (χ1) is 19.4. The van der Waals surface area contributed by atoms with Crippen LogP contribution in [0.5, 0.6) is 5.75 Å². The highest BCUT2D eigenvalue weighted by molar-refractivity contribution is 9.10. The van der Waals surface area contributed by atoms with Crippen LogP contribution >= 0.6 is 39.3 Å². The fourth-order valence-electron chi connectivity index (χ4n) is 4.28. The summed E-state index contributed by atoms with van der Waals surface area (Å²) in [6.07, 6.45) is 1.85. The third-order valence-electron chi connectivity index (χ3n) is 6.42. The second-order valence-corrected chi connectivity index (χ2v) is 11.3. The normalized spacial score (nSPS) is 17.6. The summed E-state index contributed by atoms with van der Waals surface area (Å²) < 4.78 is 12.1. The van der Waals surface area contributed by atoms with Gasteiger partial charge in [-0.3, -0.25) is 14.5 Å². The maximum Gasteiger partial charge on any atom is 0.266 e. The van der Waals surface area contributed by atoms with Crippen LogP contribution in [0.25, 0.3) is 6.08 Å². The summed E-state index contributed by atoms with van der Waals surface area (Å²) in [7, 11) is 0. The van der Waals surface area contributed by atoms with Gasteiger partial charge in [-0.15, -0.1) is 0 Å². The number of hydrogen-bond acceptors (Lipinski definition) is 6. The fraction of sp³-hybridized carbons (Fsp3) is 0.233. The second-order valence-electron chi connectivity index (χ2n) is 9.08. The molecule has 0 atom stereocenters. The topological polar surface area (TPSA) is 71.4 Å². The lowest BCUT2D eigenvalue weighted by Gasteiger charge is -2.26. The molecule has 0 aromatic heterocycles. The van der Waals surface area contributed by atoms with Crippen molar-refractivity contribution in [2.24, 2.45) is 4.99 Å². The van der Waals surface area contributed by atoms with E-state index < -0.39 is 0 Å². The highest BCUT2D eigenvalue weighted by atomic mass is 79.9. The number of hydrogen-bond donors (Lipinski definition) is 0. The van der Waals surface area contributed by atoms with Crippen LogP contribution in [0.3, 0.4) is 0 Å². The summed E-state index contributed by atoms with van der Waals surface area (Å²) in [5, 5.41) is 1.23. The Hall–Kier alpha value is -3.11. The molecule has 2 saturated heterocycles. The van der Waals surface area contributed by atoms with Gasteiger partial charge < -0.3 is 14.4 Å². The number of amidine groups is 1. The van der Waals surface area contributed by atoms with Crippen molar-refractivity contribution in [2.45, 2.75) is 13.5 Å². The number of carbonyl (C=O) groups excluding carboxylic acids is 2. The van der Waals surface area contributed by atoms with Crippen LogP contribution < -0.4 is 4.74 Å². The van der Waals surface area contributed by atoms with Gasteiger partial charge in [0.15, 0.2) is 5.17 Å². The minimum Gasteiger partial charge on any atom is -0.488 e. The number of carbonyl (C=O) groups is 2. The monoisotopic (exact) mass is 639 g/mol. The summed E-state index contributed by atoms with van der Waals surface area (Å²) in [5.74, 6) is 0.525. The number of amides is 2. The molecule has 40 heavy (non-hydrogen) atoms. The third kappa shape index (κ3) is 6.61. The number of halogens is 2. The van der Waals surface area contributed by atoms with Gasteiger partial charge in [-0.2, -0.15) is 0 Å². The molecule has 2 amide bonds. The smallest absolute Gasteiger partial charge is 0.266 e. The molecule has 10 heteroatoms. The molecule has 0 bridgehead atoms. The van der Waals surface area contributed by atoms with E-state index in [0.29, 0.717) is 71.6 Å². The van der Waals surface area contributed by atoms with Gasteiger partial charge in [0.1, 0.15) is 12.4 Å². The average Bonchev–Trinajstić information content (AvgIpc) is 3.26. The van der Waals surface area contributed by atoms with E-state index in [1.54, 1.807) is 21.9 Å².